The van der Waals surface area contributed by atoms with E-state index >= 15 is 0 Å². The summed E-state index contributed by atoms with van der Waals surface area (Å²) in [5.74, 6) is 3.99. The fraction of sp³-hybridized carbons (Fsp3) is 0.188. The molecule has 0 bridgehead atoms. The van der Waals surface area contributed by atoms with Gasteiger partial charge >= 0.3 is 0 Å². The van der Waals surface area contributed by atoms with E-state index in [9.17, 15) is 0 Å². The van der Waals surface area contributed by atoms with E-state index in [4.69, 9.17) is 29.9 Å². The number of fused-ring (bicyclic) bond motifs is 12. The fourth-order valence-electron chi connectivity index (χ4n) is 16.8. The minimum absolute atomic E-state index is 0.000858. The molecule has 0 N–H and O–H groups in total. The van der Waals surface area contributed by atoms with Gasteiger partial charge in [0.15, 0.2) is 34.9 Å². The lowest BCUT2D eigenvalue weighted by Gasteiger charge is -2.48. The maximum Gasteiger partial charge on any atom is 0.164 e. The number of nitrogens with zero attached hydrogens (tertiary/aromatic N) is 6. The molecular weight excluding hydrogens is 1240 g/mol. The Morgan fingerprint density at radius 3 is 0.794 bits per heavy atom. The first-order chi connectivity index (χ1) is 49.1. The van der Waals surface area contributed by atoms with Gasteiger partial charge in [-0.05, 0) is 175 Å². The lowest BCUT2D eigenvalue weighted by atomic mass is 9.55. The second-order valence-corrected chi connectivity index (χ2v) is 31.5. The van der Waals surface area contributed by atoms with Crippen molar-refractivity contribution in [3.05, 3.63) is 324 Å². The van der Waals surface area contributed by atoms with Gasteiger partial charge in [-0.25, -0.2) is 29.9 Å². The molecule has 2 heterocycles. The molecule has 12 aromatic carbocycles. The van der Waals surface area contributed by atoms with Crippen molar-refractivity contribution in [3.63, 3.8) is 0 Å². The number of hydrogen-bond donors (Lipinski definition) is 0. The van der Waals surface area contributed by atoms with Crippen LogP contribution in [0.1, 0.15) is 128 Å². The molecule has 0 atom stereocenters. The molecule has 0 amide bonds. The Hall–Kier alpha value is -11.3. The third-order valence-corrected chi connectivity index (χ3v) is 24.2. The lowest BCUT2D eigenvalue weighted by molar-refractivity contribution is 0.298. The molecule has 2 aromatic heterocycles. The zero-order valence-corrected chi connectivity index (χ0v) is 60.2. The van der Waals surface area contributed by atoms with E-state index < -0.39 is 0 Å². The summed E-state index contributed by atoms with van der Waals surface area (Å²) >= 11 is 0. The van der Waals surface area contributed by atoms with Crippen LogP contribution >= 0.6 is 0 Å². The van der Waals surface area contributed by atoms with Crippen molar-refractivity contribution < 1.29 is 0 Å². The van der Waals surface area contributed by atoms with Gasteiger partial charge in [-0.2, -0.15) is 0 Å². The number of benzene rings is 12. The number of hydrogen-bond acceptors (Lipinski definition) is 6. The molecule has 0 aliphatic heterocycles. The van der Waals surface area contributed by atoms with E-state index in [1.807, 2.05) is 121 Å². The average Bonchev–Trinajstić information content (AvgIpc) is 1.39. The lowest BCUT2D eigenvalue weighted by Crippen LogP contribution is -2.43. The Morgan fingerprint density at radius 1 is 0.157 bits per heavy atom. The molecule has 18 rings (SSSR count). The summed E-state index contributed by atoms with van der Waals surface area (Å²) in [7, 11) is 0. The minimum Gasteiger partial charge on any atom is -0.208 e. The van der Waals surface area contributed by atoms with Gasteiger partial charge in [-0.1, -0.05) is 320 Å². The van der Waals surface area contributed by atoms with Crippen molar-refractivity contribution in [2.24, 2.45) is 0 Å². The Morgan fingerprint density at radius 2 is 0.402 bits per heavy atom. The highest BCUT2D eigenvalue weighted by Gasteiger charge is 2.50. The SMILES string of the molecule is CC1(C)c2cc(-c3cccc(-c4nc(-c5ccccc5)nc(-c5ccccc5)n4)c3)ccc2-c2cc3c(cc21)-c1ccccc1C(C)(C)C3(C)C.CC1(C)c2cc(-c3cccc(-c4nc(-c5ccccc5)nc(-c5ccccc5)n4)c3)ccc2-c2cc3c(cc21)C(C)(C)C(C)(C)c1ccccc1-3. The monoisotopic (exact) mass is 1320 g/mol. The normalized spacial score (nSPS) is 15.7. The van der Waals surface area contributed by atoms with Crippen molar-refractivity contribution >= 4 is 0 Å². The van der Waals surface area contributed by atoms with Gasteiger partial charge in [0.2, 0.25) is 0 Å². The maximum atomic E-state index is 5.00. The molecule has 496 valence electrons. The standard InChI is InChI=1S/2C48H41N3/c1-46(2)40-27-33(24-25-36(40)37-29-42-38(28-41(37)46)35-22-13-14-23-39(35)47(3,4)48(42,5)6)32-20-15-21-34(26-32)45-50-43(30-16-9-7-10-17-30)49-44(51-45)31-18-11-8-12-19-31;1-46(2)40-27-33(24-25-36(40)37-28-38-35-22-13-14-23-39(35)47(3,4)48(5,6)42(38)29-41(37)46)32-20-15-21-34(26-32)45-50-43(30-16-9-7-10-17-30)49-44(51-45)31-18-11-8-12-19-31/h2*7-29H,1-6H3. The van der Waals surface area contributed by atoms with E-state index in [0.29, 0.717) is 34.9 Å². The van der Waals surface area contributed by atoms with Crippen LogP contribution in [0.2, 0.25) is 0 Å². The predicted molar refractivity (Wildman–Crippen MR) is 421 cm³/mol. The van der Waals surface area contributed by atoms with Crippen LogP contribution in [0, 0.1) is 0 Å². The van der Waals surface area contributed by atoms with Crippen LogP contribution in [0.5, 0.6) is 0 Å². The van der Waals surface area contributed by atoms with Gasteiger partial charge in [0.05, 0.1) is 0 Å². The van der Waals surface area contributed by atoms with Crippen molar-refractivity contribution in [2.75, 3.05) is 0 Å². The number of aromatic nitrogens is 6. The molecule has 4 aliphatic carbocycles. The summed E-state index contributed by atoms with van der Waals surface area (Å²) in [6, 6.07) is 100.0. The maximum absolute atomic E-state index is 5.00. The third kappa shape index (κ3) is 10.2. The summed E-state index contributed by atoms with van der Waals surface area (Å²) in [6.07, 6.45) is 0. The summed E-state index contributed by atoms with van der Waals surface area (Å²) < 4.78 is 0. The van der Waals surface area contributed by atoms with Gasteiger partial charge in [0.1, 0.15) is 0 Å². The van der Waals surface area contributed by atoms with Gasteiger partial charge < -0.3 is 0 Å². The van der Waals surface area contributed by atoms with E-state index in [2.05, 4.69) is 241 Å². The topological polar surface area (TPSA) is 77.3 Å². The highest BCUT2D eigenvalue weighted by atomic mass is 15.0. The third-order valence-electron chi connectivity index (χ3n) is 24.2. The molecular formula is C96H82N6. The van der Waals surface area contributed by atoms with E-state index in [1.54, 1.807) is 0 Å². The Labute approximate surface area is 600 Å². The molecule has 0 spiro atoms. The zero-order valence-electron chi connectivity index (χ0n) is 60.2. The first-order valence-corrected chi connectivity index (χ1v) is 35.9. The second-order valence-electron chi connectivity index (χ2n) is 31.5. The Balaban J connectivity index is 0.000000152. The van der Waals surface area contributed by atoms with Gasteiger partial charge in [0.25, 0.3) is 0 Å². The minimum atomic E-state index is -0.150. The van der Waals surface area contributed by atoms with Gasteiger partial charge in [0, 0.05) is 44.2 Å². The van der Waals surface area contributed by atoms with E-state index in [0.717, 1.165) is 44.5 Å². The second kappa shape index (κ2) is 23.6. The smallest absolute Gasteiger partial charge is 0.164 e. The molecule has 0 saturated carbocycles. The molecule has 4 aliphatic rings. The quantitative estimate of drug-likeness (QED) is 0.151. The highest BCUT2D eigenvalue weighted by Crippen LogP contribution is 2.61. The first-order valence-electron chi connectivity index (χ1n) is 35.9. The van der Waals surface area contributed by atoms with Crippen LogP contribution in [0.4, 0.5) is 0 Å². The van der Waals surface area contributed by atoms with Crippen LogP contribution in [-0.4, -0.2) is 29.9 Å². The van der Waals surface area contributed by atoms with Crippen LogP contribution in [0.3, 0.4) is 0 Å². The first kappa shape index (κ1) is 64.1. The zero-order chi connectivity index (χ0) is 70.2. The molecule has 14 aromatic rings. The van der Waals surface area contributed by atoms with Crippen molar-refractivity contribution in [1.82, 2.24) is 29.9 Å². The van der Waals surface area contributed by atoms with Crippen molar-refractivity contribution in [2.45, 2.75) is 116 Å². The Kier molecular flexibility index (Phi) is 14.8. The van der Waals surface area contributed by atoms with Crippen molar-refractivity contribution in [3.8, 4) is 135 Å². The highest BCUT2D eigenvalue weighted by molar-refractivity contribution is 5.92. The van der Waals surface area contributed by atoms with Crippen LogP contribution in [0.15, 0.2) is 279 Å². The summed E-state index contributed by atoms with van der Waals surface area (Å²) in [4.78, 5) is 29.8. The van der Waals surface area contributed by atoms with Crippen LogP contribution < -0.4 is 0 Å². The van der Waals surface area contributed by atoms with E-state index in [1.165, 1.54) is 100 Å². The van der Waals surface area contributed by atoms with E-state index in [-0.39, 0.29) is 32.5 Å². The van der Waals surface area contributed by atoms with Crippen molar-refractivity contribution in [1.29, 1.82) is 0 Å². The molecule has 0 saturated heterocycles. The molecule has 0 fully saturated rings. The summed E-state index contributed by atoms with van der Waals surface area (Å²) in [6.45, 7) is 28.9. The largest absolute Gasteiger partial charge is 0.208 e. The van der Waals surface area contributed by atoms with Gasteiger partial charge in [-0.15, -0.1) is 0 Å². The van der Waals surface area contributed by atoms with Crippen LogP contribution in [-0.2, 0) is 32.5 Å². The van der Waals surface area contributed by atoms with Crippen LogP contribution in [0.25, 0.3) is 135 Å². The summed E-state index contributed by atoms with van der Waals surface area (Å²) in [5.41, 5.74) is 32.2. The average molecular weight is 1320 g/mol. The summed E-state index contributed by atoms with van der Waals surface area (Å²) in [5, 5.41) is 0. The molecule has 0 unspecified atom stereocenters. The predicted octanol–water partition coefficient (Wildman–Crippen LogP) is 24.2. The van der Waals surface area contributed by atoms with Gasteiger partial charge in [-0.3, -0.25) is 0 Å². The molecule has 6 heteroatoms. The number of rotatable bonds is 8. The fourth-order valence-corrected chi connectivity index (χ4v) is 16.8. The molecule has 6 nitrogen and oxygen atoms in total. The molecule has 102 heavy (non-hydrogen) atoms. The Bertz CT molecular complexity index is 5570. The molecule has 0 radical (unpaired) electrons.